The van der Waals surface area contributed by atoms with Crippen LogP contribution in [0.1, 0.15) is 52.7 Å². The van der Waals surface area contributed by atoms with E-state index in [0.29, 0.717) is 5.75 Å². The first-order valence-electron chi connectivity index (χ1n) is 6.95. The van der Waals surface area contributed by atoms with Crippen LogP contribution in [-0.2, 0) is 4.74 Å². The molecule has 0 aliphatic carbocycles. The Labute approximate surface area is 119 Å². The number of aliphatic hydroxyl groups excluding tert-OH is 1. The van der Waals surface area contributed by atoms with Crippen molar-refractivity contribution in [2.75, 3.05) is 0 Å². The van der Waals surface area contributed by atoms with Crippen molar-refractivity contribution in [3.05, 3.63) is 29.6 Å². The van der Waals surface area contributed by atoms with Gasteiger partial charge >= 0.3 is 0 Å². The van der Waals surface area contributed by atoms with Crippen LogP contribution in [0.4, 0.5) is 4.39 Å². The molecule has 0 aromatic heterocycles. The van der Waals surface area contributed by atoms with Crippen molar-refractivity contribution in [3.63, 3.8) is 0 Å². The molecule has 3 nitrogen and oxygen atoms in total. The number of ether oxygens (including phenoxy) is 2. The van der Waals surface area contributed by atoms with E-state index in [4.69, 9.17) is 9.47 Å². The minimum absolute atomic E-state index is 0.130. The Morgan fingerprint density at radius 2 is 2.00 bits per heavy atom. The molecule has 1 aromatic rings. The second-order valence-electron chi connectivity index (χ2n) is 6.64. The average molecular weight is 282 g/mol. The standard InChI is InChI=1S/C16H23FO3/c1-10(18)12-7-6-11(8-13(12)17)19-14-9-15(2,3)20-16(14,4)5/h6-8,10,14,18H,9H2,1-5H3. The molecule has 1 aliphatic rings. The topological polar surface area (TPSA) is 38.7 Å². The summed E-state index contributed by atoms with van der Waals surface area (Å²) in [6, 6.07) is 4.57. The third-order valence-electron chi connectivity index (χ3n) is 3.69. The molecule has 1 fully saturated rings. The lowest BCUT2D eigenvalue weighted by molar-refractivity contribution is -0.0846. The fourth-order valence-corrected chi connectivity index (χ4v) is 2.78. The lowest BCUT2D eigenvalue weighted by Crippen LogP contribution is -2.36. The summed E-state index contributed by atoms with van der Waals surface area (Å²) in [5.41, 5.74) is -0.380. The average Bonchev–Trinajstić information content (AvgIpc) is 2.45. The zero-order valence-electron chi connectivity index (χ0n) is 12.7. The van der Waals surface area contributed by atoms with Crippen LogP contribution in [0.25, 0.3) is 0 Å². The smallest absolute Gasteiger partial charge is 0.132 e. The van der Waals surface area contributed by atoms with Gasteiger partial charge in [-0.25, -0.2) is 4.39 Å². The summed E-state index contributed by atoms with van der Waals surface area (Å²) in [4.78, 5) is 0. The van der Waals surface area contributed by atoms with Gasteiger partial charge in [0, 0.05) is 18.1 Å². The molecule has 1 heterocycles. The van der Waals surface area contributed by atoms with Crippen molar-refractivity contribution < 1.29 is 19.0 Å². The molecule has 1 aliphatic heterocycles. The van der Waals surface area contributed by atoms with E-state index in [2.05, 4.69) is 0 Å². The van der Waals surface area contributed by atoms with Gasteiger partial charge in [0.15, 0.2) is 0 Å². The number of hydrogen-bond donors (Lipinski definition) is 1. The van der Waals surface area contributed by atoms with Gasteiger partial charge in [0.1, 0.15) is 23.3 Å². The molecule has 4 heteroatoms. The van der Waals surface area contributed by atoms with Crippen LogP contribution in [0, 0.1) is 5.82 Å². The van der Waals surface area contributed by atoms with E-state index < -0.39 is 17.5 Å². The van der Waals surface area contributed by atoms with Gasteiger partial charge in [-0.15, -0.1) is 0 Å². The third-order valence-corrected chi connectivity index (χ3v) is 3.69. The summed E-state index contributed by atoms with van der Waals surface area (Å²) in [5, 5.41) is 9.43. The molecule has 2 rings (SSSR count). The van der Waals surface area contributed by atoms with E-state index in [9.17, 15) is 9.50 Å². The largest absolute Gasteiger partial charge is 0.487 e. The molecule has 112 valence electrons. The Hall–Kier alpha value is -1.13. The van der Waals surface area contributed by atoms with Gasteiger partial charge in [-0.3, -0.25) is 0 Å². The minimum Gasteiger partial charge on any atom is -0.487 e. The van der Waals surface area contributed by atoms with E-state index >= 15 is 0 Å². The normalized spacial score (nSPS) is 25.4. The monoisotopic (exact) mass is 282 g/mol. The number of hydrogen-bond acceptors (Lipinski definition) is 3. The van der Waals surface area contributed by atoms with E-state index in [1.807, 2.05) is 27.7 Å². The van der Waals surface area contributed by atoms with Crippen LogP contribution in [0.5, 0.6) is 5.75 Å². The summed E-state index contributed by atoms with van der Waals surface area (Å²) in [5.74, 6) is 0.0137. The van der Waals surface area contributed by atoms with E-state index in [1.165, 1.54) is 13.0 Å². The number of halogens is 1. The number of aliphatic hydroxyl groups is 1. The second-order valence-corrected chi connectivity index (χ2v) is 6.64. The highest BCUT2D eigenvalue weighted by atomic mass is 19.1. The fourth-order valence-electron chi connectivity index (χ4n) is 2.78. The SMILES string of the molecule is CC(O)c1ccc(OC2CC(C)(C)OC2(C)C)cc1F. The lowest BCUT2D eigenvalue weighted by atomic mass is 9.97. The van der Waals surface area contributed by atoms with Gasteiger partial charge in [-0.1, -0.05) is 0 Å². The van der Waals surface area contributed by atoms with Gasteiger partial charge in [0.25, 0.3) is 0 Å². The maximum Gasteiger partial charge on any atom is 0.132 e. The van der Waals surface area contributed by atoms with Crippen LogP contribution in [0.2, 0.25) is 0 Å². The maximum absolute atomic E-state index is 13.8. The van der Waals surface area contributed by atoms with Crippen molar-refractivity contribution in [3.8, 4) is 5.75 Å². The zero-order valence-corrected chi connectivity index (χ0v) is 12.7. The summed E-state index contributed by atoms with van der Waals surface area (Å²) >= 11 is 0. The Bertz CT molecular complexity index is 494. The van der Waals surface area contributed by atoms with Crippen LogP contribution in [0.15, 0.2) is 18.2 Å². The van der Waals surface area contributed by atoms with Crippen LogP contribution in [-0.4, -0.2) is 22.4 Å². The van der Waals surface area contributed by atoms with Crippen molar-refractivity contribution in [2.45, 2.75) is 64.4 Å². The highest BCUT2D eigenvalue weighted by molar-refractivity contribution is 5.30. The van der Waals surface area contributed by atoms with Gasteiger partial charge in [0.05, 0.1) is 11.7 Å². The van der Waals surface area contributed by atoms with Crippen molar-refractivity contribution in [1.82, 2.24) is 0 Å². The molecule has 20 heavy (non-hydrogen) atoms. The van der Waals surface area contributed by atoms with Crippen LogP contribution >= 0.6 is 0 Å². The fraction of sp³-hybridized carbons (Fsp3) is 0.625. The second kappa shape index (κ2) is 5.01. The molecule has 0 bridgehead atoms. The summed E-state index contributed by atoms with van der Waals surface area (Å²) < 4.78 is 25.7. The summed E-state index contributed by atoms with van der Waals surface area (Å²) in [7, 11) is 0. The Balaban J connectivity index is 2.17. The minimum atomic E-state index is -0.825. The molecule has 0 amide bonds. The van der Waals surface area contributed by atoms with Crippen molar-refractivity contribution >= 4 is 0 Å². The number of rotatable bonds is 3. The highest BCUT2D eigenvalue weighted by Crippen LogP contribution is 2.39. The lowest BCUT2D eigenvalue weighted by Gasteiger charge is -2.27. The Kier molecular flexibility index (Phi) is 3.82. The van der Waals surface area contributed by atoms with Crippen molar-refractivity contribution in [2.24, 2.45) is 0 Å². The van der Waals surface area contributed by atoms with Crippen LogP contribution < -0.4 is 4.74 Å². The molecular formula is C16H23FO3. The quantitative estimate of drug-likeness (QED) is 0.920. The maximum atomic E-state index is 13.8. The van der Waals surface area contributed by atoms with Gasteiger partial charge in [-0.05, 0) is 46.8 Å². The van der Waals surface area contributed by atoms with Crippen molar-refractivity contribution in [1.29, 1.82) is 0 Å². The van der Waals surface area contributed by atoms with E-state index in [0.717, 1.165) is 6.42 Å². The molecule has 1 saturated heterocycles. The van der Waals surface area contributed by atoms with Gasteiger partial charge in [-0.2, -0.15) is 0 Å². The molecule has 0 spiro atoms. The first-order valence-corrected chi connectivity index (χ1v) is 6.95. The molecular weight excluding hydrogens is 259 g/mol. The first-order chi connectivity index (χ1) is 9.11. The highest BCUT2D eigenvalue weighted by Gasteiger charge is 2.47. The molecule has 0 radical (unpaired) electrons. The van der Waals surface area contributed by atoms with E-state index in [1.54, 1.807) is 12.1 Å². The van der Waals surface area contributed by atoms with Gasteiger partial charge < -0.3 is 14.6 Å². The Morgan fingerprint density at radius 1 is 1.35 bits per heavy atom. The summed E-state index contributed by atoms with van der Waals surface area (Å²) in [6.07, 6.45) is -0.205. The molecule has 2 unspecified atom stereocenters. The van der Waals surface area contributed by atoms with E-state index in [-0.39, 0.29) is 17.3 Å². The summed E-state index contributed by atoms with van der Waals surface area (Å²) in [6.45, 7) is 9.54. The molecule has 1 aromatic carbocycles. The molecule has 2 atom stereocenters. The Morgan fingerprint density at radius 3 is 2.45 bits per heavy atom. The third kappa shape index (κ3) is 3.13. The molecule has 0 saturated carbocycles. The predicted molar refractivity (Wildman–Crippen MR) is 75.3 cm³/mol. The van der Waals surface area contributed by atoms with Crippen LogP contribution in [0.3, 0.4) is 0 Å². The zero-order chi connectivity index (χ0) is 15.1. The predicted octanol–water partition coefficient (Wildman–Crippen LogP) is 3.60. The number of benzene rings is 1. The first kappa shape index (κ1) is 15.3. The molecule has 1 N–H and O–H groups in total. The van der Waals surface area contributed by atoms with Gasteiger partial charge in [0.2, 0.25) is 0 Å².